The van der Waals surface area contributed by atoms with Crippen molar-refractivity contribution >= 4 is 49.9 Å². The molecule has 6 aromatic carbocycles. The van der Waals surface area contributed by atoms with Crippen molar-refractivity contribution < 1.29 is 0 Å². The predicted molar refractivity (Wildman–Crippen MR) is 225 cm³/mol. The van der Waals surface area contributed by atoms with Crippen LogP contribution in [0.15, 0.2) is 133 Å². The highest BCUT2D eigenvalue weighted by molar-refractivity contribution is 6.19. The van der Waals surface area contributed by atoms with E-state index in [-0.39, 0.29) is 6.04 Å². The molecule has 0 heterocycles. The third-order valence-electron chi connectivity index (χ3n) is 11.7. The Morgan fingerprint density at radius 2 is 1.31 bits per heavy atom. The zero-order valence-corrected chi connectivity index (χ0v) is 32.2. The van der Waals surface area contributed by atoms with E-state index in [0.717, 1.165) is 12.8 Å². The van der Waals surface area contributed by atoms with Crippen LogP contribution in [0.25, 0.3) is 27.1 Å². The molecule has 0 N–H and O–H groups in total. The zero-order valence-electron chi connectivity index (χ0n) is 32.2. The molecular formula is C50H52N2. The maximum Gasteiger partial charge on any atom is 0.0632 e. The molecule has 6 aromatic rings. The minimum Gasteiger partial charge on any atom is -0.337 e. The molecule has 2 nitrogen and oxygen atoms in total. The number of hydrogen-bond donors (Lipinski definition) is 0. The molecule has 2 aliphatic rings. The summed E-state index contributed by atoms with van der Waals surface area (Å²) in [6.07, 6.45) is 6.84. The number of benzene rings is 6. The number of nitrogens with zero attached hydrogens (tertiary/aromatic N) is 2. The molecule has 0 saturated carbocycles. The van der Waals surface area contributed by atoms with Gasteiger partial charge >= 0.3 is 0 Å². The molecule has 0 fully saturated rings. The molecule has 2 aliphatic carbocycles. The molecule has 0 aromatic heterocycles. The van der Waals surface area contributed by atoms with Crippen molar-refractivity contribution in [3.05, 3.63) is 160 Å². The smallest absolute Gasteiger partial charge is 0.0632 e. The van der Waals surface area contributed by atoms with Crippen molar-refractivity contribution in [3.63, 3.8) is 0 Å². The largest absolute Gasteiger partial charge is 0.337 e. The van der Waals surface area contributed by atoms with Gasteiger partial charge in [0.15, 0.2) is 0 Å². The number of anilines is 4. The molecule has 0 spiro atoms. The average molecular weight is 681 g/mol. The highest BCUT2D eigenvalue weighted by atomic mass is 15.2. The first-order valence-corrected chi connectivity index (χ1v) is 19.3. The van der Waals surface area contributed by atoms with Crippen LogP contribution in [0.5, 0.6) is 0 Å². The lowest BCUT2D eigenvalue weighted by molar-refractivity contribution is 0.571. The van der Waals surface area contributed by atoms with E-state index in [4.69, 9.17) is 0 Å². The minimum atomic E-state index is 0.179. The van der Waals surface area contributed by atoms with E-state index in [1.54, 1.807) is 5.57 Å². The van der Waals surface area contributed by atoms with Gasteiger partial charge in [-0.25, -0.2) is 0 Å². The molecule has 2 heteroatoms. The van der Waals surface area contributed by atoms with E-state index in [2.05, 4.69) is 187 Å². The summed E-state index contributed by atoms with van der Waals surface area (Å²) in [5, 5.41) is 6.95. The summed E-state index contributed by atoms with van der Waals surface area (Å²) < 4.78 is 0. The van der Waals surface area contributed by atoms with Gasteiger partial charge in [0.05, 0.1) is 11.7 Å². The van der Waals surface area contributed by atoms with Gasteiger partial charge in [0, 0.05) is 34.1 Å². The standard InChI is InChI=1S/C50H52N2/c1-31(2)43-29-47(51(37-15-11-9-12-16-37)45-25-19-33(5)27-35(45)7)41-24-22-40-44(32(3)4)30-48(42-23-21-39(43)49(41)50(40)42)52(38-17-13-10-14-18-38)46-26-20-34(6)28-36(46)8/h9-27,29,31-32,36,48H,28,30H2,1-8H3. The SMILES string of the molecule is CC1=CC=C(N(c2ccccc2)C2CC(C(C)C)=c3ccc4c(N(c5ccccc5)c5ccc(C)cc5C)cc(C(C)C)c5ccc2c3c54)C(C)C1. The lowest BCUT2D eigenvalue weighted by atomic mass is 9.78. The summed E-state index contributed by atoms with van der Waals surface area (Å²) in [7, 11) is 0. The molecular weight excluding hydrogens is 629 g/mol. The number of allylic oxidation sites excluding steroid dienone is 4. The Labute approximate surface area is 310 Å². The average Bonchev–Trinajstić information content (AvgIpc) is 3.13. The first kappa shape index (κ1) is 34.0. The van der Waals surface area contributed by atoms with E-state index in [9.17, 15) is 0 Å². The van der Waals surface area contributed by atoms with Crippen LogP contribution >= 0.6 is 0 Å². The van der Waals surface area contributed by atoms with E-state index in [1.165, 1.54) is 83.0 Å². The van der Waals surface area contributed by atoms with Crippen molar-refractivity contribution in [1.29, 1.82) is 0 Å². The fourth-order valence-electron chi connectivity index (χ4n) is 9.20. The summed E-state index contributed by atoms with van der Waals surface area (Å²) in [5.74, 6) is 1.21. The van der Waals surface area contributed by atoms with Crippen LogP contribution in [0.3, 0.4) is 0 Å². The molecule has 0 bridgehead atoms. The van der Waals surface area contributed by atoms with Crippen LogP contribution in [-0.2, 0) is 0 Å². The Kier molecular flexibility index (Phi) is 8.82. The zero-order chi connectivity index (χ0) is 36.3. The number of aryl methyl sites for hydroxylation is 2. The maximum atomic E-state index is 2.70. The number of para-hydroxylation sites is 2. The molecule has 8 rings (SSSR count). The highest BCUT2D eigenvalue weighted by Gasteiger charge is 2.34. The van der Waals surface area contributed by atoms with Crippen LogP contribution < -0.4 is 15.0 Å². The predicted octanol–water partition coefficient (Wildman–Crippen LogP) is 13.6. The third-order valence-corrected chi connectivity index (χ3v) is 11.7. The fraction of sp³-hybridized carbons (Fsp3) is 0.280. The van der Waals surface area contributed by atoms with Crippen molar-refractivity contribution in [1.82, 2.24) is 0 Å². The highest BCUT2D eigenvalue weighted by Crippen LogP contribution is 2.49. The molecule has 2 atom stereocenters. The van der Waals surface area contributed by atoms with Crippen LogP contribution in [0, 0.1) is 25.7 Å². The van der Waals surface area contributed by atoms with Gasteiger partial charge in [-0.15, -0.1) is 0 Å². The van der Waals surface area contributed by atoms with Gasteiger partial charge < -0.3 is 9.80 Å². The Bertz CT molecular complexity index is 2410. The van der Waals surface area contributed by atoms with Crippen molar-refractivity contribution in [2.45, 2.75) is 80.2 Å². The summed E-state index contributed by atoms with van der Waals surface area (Å²) in [6.45, 7) is 18.6. The first-order chi connectivity index (χ1) is 25.1. The molecule has 52 heavy (non-hydrogen) atoms. The number of hydrogen-bond acceptors (Lipinski definition) is 2. The molecule has 2 unspecified atom stereocenters. The number of rotatable bonds is 8. The minimum absolute atomic E-state index is 0.179. The quantitative estimate of drug-likeness (QED) is 0.158. The Morgan fingerprint density at radius 1 is 0.615 bits per heavy atom. The van der Waals surface area contributed by atoms with E-state index >= 15 is 0 Å². The van der Waals surface area contributed by atoms with Gasteiger partial charge in [0.1, 0.15) is 0 Å². The van der Waals surface area contributed by atoms with Gasteiger partial charge in [-0.05, 0) is 126 Å². The molecule has 0 saturated heterocycles. The second kappa shape index (κ2) is 13.5. The molecule has 262 valence electrons. The molecule has 0 aliphatic heterocycles. The van der Waals surface area contributed by atoms with Crippen molar-refractivity contribution in [2.24, 2.45) is 11.8 Å². The van der Waals surface area contributed by atoms with Crippen molar-refractivity contribution in [3.8, 4) is 0 Å². The van der Waals surface area contributed by atoms with Crippen LogP contribution in [-0.4, -0.2) is 0 Å². The topological polar surface area (TPSA) is 6.48 Å². The summed E-state index contributed by atoms with van der Waals surface area (Å²) >= 11 is 0. The second-order valence-electron chi connectivity index (χ2n) is 16.0. The van der Waals surface area contributed by atoms with Gasteiger partial charge in [0.25, 0.3) is 0 Å². The van der Waals surface area contributed by atoms with E-state index < -0.39 is 0 Å². The fourth-order valence-corrected chi connectivity index (χ4v) is 9.20. The maximum absolute atomic E-state index is 2.70. The monoisotopic (exact) mass is 680 g/mol. The van der Waals surface area contributed by atoms with E-state index in [0.29, 0.717) is 17.8 Å². The van der Waals surface area contributed by atoms with Gasteiger partial charge in [-0.1, -0.05) is 130 Å². The Balaban J connectivity index is 1.48. The van der Waals surface area contributed by atoms with Gasteiger partial charge in [-0.3, -0.25) is 0 Å². The first-order valence-electron chi connectivity index (χ1n) is 19.3. The Hall–Kier alpha value is -5.08. The lowest BCUT2D eigenvalue weighted by Crippen LogP contribution is -2.35. The van der Waals surface area contributed by atoms with Gasteiger partial charge in [-0.2, -0.15) is 0 Å². The van der Waals surface area contributed by atoms with Crippen LogP contribution in [0.1, 0.15) is 88.6 Å². The molecule has 0 radical (unpaired) electrons. The molecule has 0 amide bonds. The Morgan fingerprint density at radius 3 is 1.96 bits per heavy atom. The summed E-state index contributed by atoms with van der Waals surface area (Å²) in [6, 6.07) is 41.5. The van der Waals surface area contributed by atoms with Gasteiger partial charge in [0.2, 0.25) is 0 Å². The second-order valence-corrected chi connectivity index (χ2v) is 16.0. The third kappa shape index (κ3) is 5.73. The lowest BCUT2D eigenvalue weighted by Gasteiger charge is -2.42. The van der Waals surface area contributed by atoms with Crippen LogP contribution in [0.2, 0.25) is 0 Å². The summed E-state index contributed by atoms with van der Waals surface area (Å²) in [4.78, 5) is 5.21. The van der Waals surface area contributed by atoms with Crippen molar-refractivity contribution in [2.75, 3.05) is 9.80 Å². The normalized spacial score (nSPS) is 17.2. The van der Waals surface area contributed by atoms with Crippen LogP contribution in [0.4, 0.5) is 22.7 Å². The van der Waals surface area contributed by atoms with E-state index in [1.807, 2.05) is 0 Å². The summed E-state index contributed by atoms with van der Waals surface area (Å²) in [5.41, 5.74) is 14.7.